The highest BCUT2D eigenvalue weighted by Crippen LogP contribution is 2.37. The lowest BCUT2D eigenvalue weighted by molar-refractivity contribution is -0.137. The number of fused-ring (bicyclic) bond motifs is 1. The van der Waals surface area contributed by atoms with Crippen molar-refractivity contribution in [1.82, 2.24) is 0 Å². The minimum atomic E-state index is -0.769. The van der Waals surface area contributed by atoms with Crippen molar-refractivity contribution in [2.45, 2.75) is 25.3 Å². The van der Waals surface area contributed by atoms with Crippen LogP contribution in [0.2, 0.25) is 5.02 Å². The molecule has 1 aliphatic rings. The van der Waals surface area contributed by atoms with Crippen LogP contribution in [-0.2, 0) is 11.2 Å². The Kier molecular flexibility index (Phi) is 3.66. The third kappa shape index (κ3) is 2.38. The van der Waals surface area contributed by atoms with Crippen LogP contribution in [0.3, 0.4) is 0 Å². The van der Waals surface area contributed by atoms with Gasteiger partial charge in [-0.15, -0.1) is 0 Å². The second-order valence-corrected chi connectivity index (χ2v) is 4.92. The van der Waals surface area contributed by atoms with E-state index in [1.807, 2.05) is 24.1 Å². The van der Waals surface area contributed by atoms with Gasteiger partial charge in [0, 0.05) is 18.8 Å². The zero-order valence-corrected chi connectivity index (χ0v) is 11.2. The van der Waals surface area contributed by atoms with Crippen LogP contribution in [0.5, 0.6) is 5.75 Å². The van der Waals surface area contributed by atoms with E-state index in [1.165, 1.54) is 0 Å². The second kappa shape index (κ2) is 5.06. The fourth-order valence-electron chi connectivity index (χ4n) is 2.42. The number of aliphatic carboxylic acids is 1. The minimum Gasteiger partial charge on any atom is -0.495 e. The van der Waals surface area contributed by atoms with Crippen molar-refractivity contribution in [2.75, 3.05) is 19.1 Å². The maximum absolute atomic E-state index is 10.8. The molecule has 18 heavy (non-hydrogen) atoms. The fourth-order valence-corrected chi connectivity index (χ4v) is 2.66. The van der Waals surface area contributed by atoms with E-state index in [0.29, 0.717) is 10.8 Å². The van der Waals surface area contributed by atoms with Crippen molar-refractivity contribution in [2.24, 2.45) is 0 Å². The molecule has 0 saturated heterocycles. The molecule has 0 bridgehead atoms. The summed E-state index contributed by atoms with van der Waals surface area (Å²) in [5.41, 5.74) is 2.15. The van der Waals surface area contributed by atoms with Crippen molar-refractivity contribution >= 4 is 23.3 Å². The van der Waals surface area contributed by atoms with Crippen LogP contribution in [0.25, 0.3) is 0 Å². The van der Waals surface area contributed by atoms with Gasteiger partial charge < -0.3 is 14.7 Å². The van der Waals surface area contributed by atoms with E-state index in [0.717, 1.165) is 24.1 Å². The number of nitrogens with zero attached hydrogens (tertiary/aromatic N) is 1. The summed E-state index contributed by atoms with van der Waals surface area (Å²) in [5.74, 6) is -0.101. The quantitative estimate of drug-likeness (QED) is 0.916. The van der Waals surface area contributed by atoms with Crippen LogP contribution in [-0.4, -0.2) is 31.3 Å². The number of benzene rings is 1. The van der Waals surface area contributed by atoms with Crippen LogP contribution in [0.15, 0.2) is 12.1 Å². The average Bonchev–Trinajstić information content (AvgIpc) is 2.32. The highest BCUT2D eigenvalue weighted by atomic mass is 35.5. The molecule has 0 saturated carbocycles. The predicted molar refractivity (Wildman–Crippen MR) is 70.8 cm³/mol. The Bertz CT molecular complexity index is 476. The molecule has 1 aliphatic heterocycles. The van der Waals surface area contributed by atoms with Gasteiger partial charge in [0.1, 0.15) is 5.75 Å². The highest BCUT2D eigenvalue weighted by molar-refractivity contribution is 6.32. The van der Waals surface area contributed by atoms with Crippen molar-refractivity contribution in [1.29, 1.82) is 0 Å². The van der Waals surface area contributed by atoms with E-state index < -0.39 is 5.97 Å². The maximum Gasteiger partial charge on any atom is 0.305 e. The standard InChI is InChI=1S/C13H16ClNO3/c1-15-9(6-13(16)17)4-3-8-5-12(18-2)10(14)7-11(8)15/h5,7,9H,3-4,6H2,1-2H3,(H,16,17). The Labute approximate surface area is 111 Å². The largest absolute Gasteiger partial charge is 0.495 e. The third-order valence-corrected chi connectivity index (χ3v) is 3.73. The smallest absolute Gasteiger partial charge is 0.305 e. The van der Waals surface area contributed by atoms with Gasteiger partial charge in [-0.1, -0.05) is 11.6 Å². The summed E-state index contributed by atoms with van der Waals surface area (Å²) in [6.45, 7) is 0. The average molecular weight is 270 g/mol. The molecule has 4 nitrogen and oxygen atoms in total. The summed E-state index contributed by atoms with van der Waals surface area (Å²) in [4.78, 5) is 12.8. The summed E-state index contributed by atoms with van der Waals surface area (Å²) in [5, 5.41) is 9.45. The third-order valence-electron chi connectivity index (χ3n) is 3.44. The number of carboxylic acid groups (broad SMARTS) is 1. The number of anilines is 1. The zero-order valence-electron chi connectivity index (χ0n) is 10.4. The zero-order chi connectivity index (χ0) is 13.3. The first-order chi connectivity index (χ1) is 8.52. The molecule has 0 spiro atoms. The number of rotatable bonds is 3. The monoisotopic (exact) mass is 269 g/mol. The molecule has 2 rings (SSSR count). The Hall–Kier alpha value is -1.42. The lowest BCUT2D eigenvalue weighted by Gasteiger charge is -2.35. The molecular weight excluding hydrogens is 254 g/mol. The van der Waals surface area contributed by atoms with Gasteiger partial charge in [-0.05, 0) is 30.5 Å². The van der Waals surface area contributed by atoms with Crippen molar-refractivity contribution in [3.05, 3.63) is 22.7 Å². The van der Waals surface area contributed by atoms with Crippen LogP contribution in [0.4, 0.5) is 5.69 Å². The molecule has 1 N–H and O–H groups in total. The SMILES string of the molecule is COc1cc2c(cc1Cl)N(C)C(CC(=O)O)CC2. The number of halogens is 1. The van der Waals surface area contributed by atoms with Crippen molar-refractivity contribution in [3.8, 4) is 5.75 Å². The molecule has 0 fully saturated rings. The maximum atomic E-state index is 10.8. The number of carbonyl (C=O) groups is 1. The van der Waals surface area contributed by atoms with E-state index in [1.54, 1.807) is 7.11 Å². The topological polar surface area (TPSA) is 49.8 Å². The van der Waals surface area contributed by atoms with Crippen LogP contribution >= 0.6 is 11.6 Å². The van der Waals surface area contributed by atoms with Crippen molar-refractivity contribution in [3.63, 3.8) is 0 Å². The van der Waals surface area contributed by atoms with Crippen LogP contribution in [0, 0.1) is 0 Å². The van der Waals surface area contributed by atoms with Crippen LogP contribution < -0.4 is 9.64 Å². The van der Waals surface area contributed by atoms with Gasteiger partial charge in [0.15, 0.2) is 0 Å². The summed E-state index contributed by atoms with van der Waals surface area (Å²) in [7, 11) is 3.50. The Morgan fingerprint density at radius 1 is 1.61 bits per heavy atom. The molecule has 5 heteroatoms. The van der Waals surface area contributed by atoms with Gasteiger partial charge in [-0.2, -0.15) is 0 Å². The lowest BCUT2D eigenvalue weighted by atomic mass is 9.94. The Morgan fingerprint density at radius 2 is 2.33 bits per heavy atom. The molecule has 0 aromatic heterocycles. The number of methoxy groups -OCH3 is 1. The van der Waals surface area contributed by atoms with Gasteiger partial charge in [-0.3, -0.25) is 4.79 Å². The number of hydrogen-bond acceptors (Lipinski definition) is 3. The summed E-state index contributed by atoms with van der Waals surface area (Å²) < 4.78 is 5.19. The molecule has 1 unspecified atom stereocenters. The predicted octanol–water partition coefficient (Wildman–Crippen LogP) is 2.57. The van der Waals surface area contributed by atoms with Gasteiger partial charge >= 0.3 is 5.97 Å². The Morgan fingerprint density at radius 3 is 2.94 bits per heavy atom. The van der Waals surface area contributed by atoms with Gasteiger partial charge in [-0.25, -0.2) is 0 Å². The molecule has 1 aromatic rings. The summed E-state index contributed by atoms with van der Waals surface area (Å²) in [6, 6.07) is 3.81. The van der Waals surface area contributed by atoms with Gasteiger partial charge in [0.2, 0.25) is 0 Å². The number of carboxylic acids is 1. The van der Waals surface area contributed by atoms with E-state index in [4.69, 9.17) is 21.4 Å². The first-order valence-corrected chi connectivity index (χ1v) is 6.21. The minimum absolute atomic E-state index is 0.0273. The van der Waals surface area contributed by atoms with E-state index in [9.17, 15) is 4.79 Å². The lowest BCUT2D eigenvalue weighted by Crippen LogP contribution is -2.37. The number of ether oxygens (including phenoxy) is 1. The molecule has 0 amide bonds. The van der Waals surface area contributed by atoms with E-state index >= 15 is 0 Å². The highest BCUT2D eigenvalue weighted by Gasteiger charge is 2.26. The fraction of sp³-hybridized carbons (Fsp3) is 0.462. The molecule has 0 radical (unpaired) electrons. The molecule has 1 atom stereocenters. The molecule has 1 heterocycles. The van der Waals surface area contributed by atoms with Crippen LogP contribution in [0.1, 0.15) is 18.4 Å². The first kappa shape index (κ1) is 13.0. The number of hydrogen-bond donors (Lipinski definition) is 1. The first-order valence-electron chi connectivity index (χ1n) is 5.84. The van der Waals surface area contributed by atoms with E-state index in [2.05, 4.69) is 0 Å². The van der Waals surface area contributed by atoms with Gasteiger partial charge in [0.25, 0.3) is 0 Å². The molecule has 1 aromatic carbocycles. The number of aryl methyl sites for hydroxylation is 1. The Balaban J connectivity index is 2.32. The molecular formula is C13H16ClNO3. The summed E-state index contributed by atoms with van der Waals surface area (Å²) in [6.07, 6.45) is 1.84. The molecule has 98 valence electrons. The van der Waals surface area contributed by atoms with Crippen molar-refractivity contribution < 1.29 is 14.6 Å². The van der Waals surface area contributed by atoms with Gasteiger partial charge in [0.05, 0.1) is 18.6 Å². The second-order valence-electron chi connectivity index (χ2n) is 4.52. The summed E-state index contributed by atoms with van der Waals surface area (Å²) >= 11 is 6.11. The van der Waals surface area contributed by atoms with E-state index in [-0.39, 0.29) is 12.5 Å². The normalized spacial score (nSPS) is 18.4. The molecule has 0 aliphatic carbocycles.